The molecule has 0 bridgehead atoms. The smallest absolute Gasteiger partial charge is 0.179 e. The van der Waals surface area contributed by atoms with Crippen LogP contribution in [0.2, 0.25) is 5.02 Å². The zero-order valence-corrected chi connectivity index (χ0v) is 14.6. The molecule has 0 saturated carbocycles. The molecule has 0 radical (unpaired) electrons. The summed E-state index contributed by atoms with van der Waals surface area (Å²) in [5, 5.41) is 11.9. The van der Waals surface area contributed by atoms with Crippen molar-refractivity contribution in [3.63, 3.8) is 0 Å². The monoisotopic (exact) mass is 349 g/mol. The van der Waals surface area contributed by atoms with Gasteiger partial charge in [-0.25, -0.2) is 0 Å². The molecule has 0 heterocycles. The van der Waals surface area contributed by atoms with Gasteiger partial charge in [0, 0.05) is 5.56 Å². The van der Waals surface area contributed by atoms with E-state index in [-0.39, 0.29) is 0 Å². The lowest BCUT2D eigenvalue weighted by Gasteiger charge is -2.14. The van der Waals surface area contributed by atoms with Gasteiger partial charge in [-0.15, -0.1) is 0 Å². The molecule has 0 aliphatic rings. The van der Waals surface area contributed by atoms with Gasteiger partial charge in [-0.05, 0) is 37.6 Å². The van der Waals surface area contributed by atoms with Crippen LogP contribution in [0.3, 0.4) is 0 Å². The molecular formula is C18H20ClNO4. The molecular weight excluding hydrogens is 330 g/mol. The molecule has 0 atom stereocenters. The van der Waals surface area contributed by atoms with Crippen LogP contribution in [-0.4, -0.2) is 31.7 Å². The third-order valence-corrected chi connectivity index (χ3v) is 3.66. The molecule has 2 rings (SSSR count). The Bertz CT molecular complexity index is 731. The second-order valence-corrected chi connectivity index (χ2v) is 5.65. The number of nitrogens with zero attached hydrogens (tertiary/aromatic N) is 1. The highest BCUT2D eigenvalue weighted by Crippen LogP contribution is 2.36. The second kappa shape index (κ2) is 8.45. The molecule has 128 valence electrons. The Morgan fingerprint density at radius 3 is 2.50 bits per heavy atom. The molecule has 2 aromatic carbocycles. The summed E-state index contributed by atoms with van der Waals surface area (Å²) in [6, 6.07) is 9.32. The molecule has 0 saturated heterocycles. The number of ether oxygens (including phenoxy) is 3. The normalized spacial score (nSPS) is 10.8. The van der Waals surface area contributed by atoms with Crippen LogP contribution in [0.5, 0.6) is 17.2 Å². The fourth-order valence-corrected chi connectivity index (χ4v) is 2.55. The average molecular weight is 350 g/mol. The van der Waals surface area contributed by atoms with E-state index in [1.165, 1.54) is 18.9 Å². The fraction of sp³-hybridized carbons (Fsp3) is 0.278. The minimum absolute atomic E-state index is 0.316. The van der Waals surface area contributed by atoms with Gasteiger partial charge < -0.3 is 19.4 Å². The van der Waals surface area contributed by atoms with Gasteiger partial charge in [0.15, 0.2) is 11.5 Å². The van der Waals surface area contributed by atoms with Crippen LogP contribution in [0.4, 0.5) is 0 Å². The van der Waals surface area contributed by atoms with Gasteiger partial charge in [-0.3, -0.25) is 0 Å². The maximum atomic E-state index is 8.60. The minimum atomic E-state index is 0.316. The first-order chi connectivity index (χ1) is 11.5. The molecule has 5 nitrogen and oxygen atoms in total. The molecule has 0 amide bonds. The van der Waals surface area contributed by atoms with Gasteiger partial charge >= 0.3 is 0 Å². The number of rotatable bonds is 7. The van der Waals surface area contributed by atoms with Crippen LogP contribution in [0, 0.1) is 13.8 Å². The highest BCUT2D eigenvalue weighted by atomic mass is 35.5. The molecule has 0 spiro atoms. The third-order valence-electron chi connectivity index (χ3n) is 3.38. The van der Waals surface area contributed by atoms with Crippen LogP contribution in [-0.2, 0) is 0 Å². The van der Waals surface area contributed by atoms with Gasteiger partial charge in [0.25, 0.3) is 0 Å². The van der Waals surface area contributed by atoms with Gasteiger partial charge in [0.2, 0.25) is 0 Å². The van der Waals surface area contributed by atoms with Crippen LogP contribution in [0.15, 0.2) is 35.5 Å². The zero-order chi connectivity index (χ0) is 17.5. The van der Waals surface area contributed by atoms with Crippen molar-refractivity contribution in [1.29, 1.82) is 0 Å². The predicted molar refractivity (Wildman–Crippen MR) is 94.3 cm³/mol. The topological polar surface area (TPSA) is 60.3 Å². The number of aryl methyl sites for hydroxylation is 2. The van der Waals surface area contributed by atoms with Crippen LogP contribution in [0.25, 0.3) is 0 Å². The summed E-state index contributed by atoms with van der Waals surface area (Å²) in [6.45, 7) is 4.74. The summed E-state index contributed by atoms with van der Waals surface area (Å²) in [7, 11) is 1.52. The quantitative estimate of drug-likeness (QED) is 0.351. The molecule has 2 aromatic rings. The van der Waals surface area contributed by atoms with Crippen LogP contribution in [0.1, 0.15) is 16.7 Å². The Labute approximate surface area is 146 Å². The van der Waals surface area contributed by atoms with E-state index < -0.39 is 0 Å². The Morgan fingerprint density at radius 1 is 1.08 bits per heavy atom. The predicted octanol–water partition coefficient (Wildman–Crippen LogP) is 4.23. The molecule has 24 heavy (non-hydrogen) atoms. The standard InChI is InChI=1S/C18H20ClNO4/c1-12-4-5-16(13(2)8-12)23-6-7-24-18-15(19)9-14(11-20-21)10-17(18)22-3/h4-5,8-11,21H,6-7H2,1-3H3. The summed E-state index contributed by atoms with van der Waals surface area (Å²) in [4.78, 5) is 0. The minimum Gasteiger partial charge on any atom is -0.493 e. The SMILES string of the molecule is COc1cc(C=NO)cc(Cl)c1OCCOc1ccc(C)cc1C. The van der Waals surface area contributed by atoms with Crippen molar-refractivity contribution in [3.8, 4) is 17.2 Å². The van der Waals surface area contributed by atoms with Crippen molar-refractivity contribution in [1.82, 2.24) is 0 Å². The molecule has 0 unspecified atom stereocenters. The van der Waals surface area contributed by atoms with E-state index >= 15 is 0 Å². The fourth-order valence-electron chi connectivity index (χ4n) is 2.28. The molecule has 6 heteroatoms. The highest BCUT2D eigenvalue weighted by Gasteiger charge is 2.12. The Balaban J connectivity index is 1.99. The number of methoxy groups -OCH3 is 1. The lowest BCUT2D eigenvalue weighted by molar-refractivity contribution is 0.210. The van der Waals surface area contributed by atoms with Crippen molar-refractivity contribution < 1.29 is 19.4 Å². The summed E-state index contributed by atoms with van der Waals surface area (Å²) in [5.74, 6) is 1.72. The van der Waals surface area contributed by atoms with E-state index in [9.17, 15) is 0 Å². The van der Waals surface area contributed by atoms with Crippen LogP contribution >= 0.6 is 11.6 Å². The van der Waals surface area contributed by atoms with Crippen LogP contribution < -0.4 is 14.2 Å². The van der Waals surface area contributed by atoms with E-state index in [1.54, 1.807) is 12.1 Å². The van der Waals surface area contributed by atoms with Crippen molar-refractivity contribution in [2.75, 3.05) is 20.3 Å². The number of halogens is 1. The van der Waals surface area contributed by atoms with Crippen molar-refractivity contribution in [2.24, 2.45) is 5.16 Å². The van der Waals surface area contributed by atoms with E-state index in [0.717, 1.165) is 11.3 Å². The molecule has 0 fully saturated rings. The molecule has 0 aromatic heterocycles. The zero-order valence-electron chi connectivity index (χ0n) is 13.9. The van der Waals surface area contributed by atoms with E-state index in [2.05, 4.69) is 11.2 Å². The van der Waals surface area contributed by atoms with Gasteiger partial charge in [0.05, 0.1) is 18.3 Å². The van der Waals surface area contributed by atoms with E-state index in [4.69, 9.17) is 31.0 Å². The highest BCUT2D eigenvalue weighted by molar-refractivity contribution is 6.32. The average Bonchev–Trinajstić information content (AvgIpc) is 2.54. The number of hydrogen-bond acceptors (Lipinski definition) is 5. The third kappa shape index (κ3) is 4.55. The Hall–Kier alpha value is -2.40. The maximum absolute atomic E-state index is 8.60. The second-order valence-electron chi connectivity index (χ2n) is 5.24. The number of oxime groups is 1. The summed E-state index contributed by atoms with van der Waals surface area (Å²) < 4.78 is 16.7. The van der Waals surface area contributed by atoms with Gasteiger partial charge in [0.1, 0.15) is 19.0 Å². The Morgan fingerprint density at radius 2 is 1.83 bits per heavy atom. The first-order valence-corrected chi connectivity index (χ1v) is 7.80. The van der Waals surface area contributed by atoms with Crippen molar-refractivity contribution >= 4 is 17.8 Å². The maximum Gasteiger partial charge on any atom is 0.179 e. The first kappa shape index (κ1) is 17.9. The van der Waals surface area contributed by atoms with E-state index in [1.807, 2.05) is 26.0 Å². The Kier molecular flexibility index (Phi) is 6.32. The number of hydrogen-bond donors (Lipinski definition) is 1. The van der Waals surface area contributed by atoms with Gasteiger partial charge in [-0.1, -0.05) is 34.5 Å². The molecule has 1 N–H and O–H groups in total. The lowest BCUT2D eigenvalue weighted by atomic mass is 10.1. The van der Waals surface area contributed by atoms with Crippen molar-refractivity contribution in [3.05, 3.63) is 52.0 Å². The largest absolute Gasteiger partial charge is 0.493 e. The lowest BCUT2D eigenvalue weighted by Crippen LogP contribution is -2.10. The molecule has 0 aliphatic heterocycles. The summed E-state index contributed by atoms with van der Waals surface area (Å²) in [5.41, 5.74) is 2.88. The van der Waals surface area contributed by atoms with Gasteiger partial charge in [-0.2, -0.15) is 0 Å². The van der Waals surface area contributed by atoms with Crippen molar-refractivity contribution in [2.45, 2.75) is 13.8 Å². The molecule has 0 aliphatic carbocycles. The summed E-state index contributed by atoms with van der Waals surface area (Å²) >= 11 is 6.20. The number of benzene rings is 2. The van der Waals surface area contributed by atoms with E-state index in [0.29, 0.717) is 35.3 Å². The first-order valence-electron chi connectivity index (χ1n) is 7.43. The summed E-state index contributed by atoms with van der Waals surface area (Å²) in [6.07, 6.45) is 1.27.